The van der Waals surface area contributed by atoms with Crippen LogP contribution in [0.1, 0.15) is 34.5 Å². The Bertz CT molecular complexity index is 677. The maximum Gasteiger partial charge on any atom is 0.335 e. The van der Waals surface area contributed by atoms with Crippen molar-refractivity contribution in [3.63, 3.8) is 0 Å². The number of carboxylic acid groups (broad SMARTS) is 1. The molecule has 0 radical (unpaired) electrons. The lowest BCUT2D eigenvalue weighted by molar-refractivity contribution is -0.0706. The van der Waals surface area contributed by atoms with Gasteiger partial charge in [-0.15, -0.1) is 5.10 Å². The SMILES string of the molecule is O=C(O)c1cccc(Cn2cc(C3(O)CCOCC3)nn2)c1. The van der Waals surface area contributed by atoms with Crippen LogP contribution in [0.4, 0.5) is 0 Å². The fourth-order valence-corrected chi connectivity index (χ4v) is 2.54. The molecular weight excluding hydrogens is 286 g/mol. The second-order valence-electron chi connectivity index (χ2n) is 5.45. The molecule has 1 fully saturated rings. The Balaban J connectivity index is 1.77. The van der Waals surface area contributed by atoms with E-state index in [0.717, 1.165) is 5.56 Å². The maximum absolute atomic E-state index is 11.0. The molecule has 2 heterocycles. The molecule has 1 aromatic carbocycles. The van der Waals surface area contributed by atoms with Crippen molar-refractivity contribution in [2.75, 3.05) is 13.2 Å². The van der Waals surface area contributed by atoms with Crippen LogP contribution in [0.3, 0.4) is 0 Å². The third-order valence-electron chi connectivity index (χ3n) is 3.85. The molecule has 0 aliphatic carbocycles. The fraction of sp³-hybridized carbons (Fsp3) is 0.400. The molecule has 2 N–H and O–H groups in total. The lowest BCUT2D eigenvalue weighted by atomic mass is 9.91. The lowest BCUT2D eigenvalue weighted by Crippen LogP contribution is -2.33. The molecule has 0 atom stereocenters. The zero-order valence-corrected chi connectivity index (χ0v) is 12.0. The molecule has 0 amide bonds. The third-order valence-corrected chi connectivity index (χ3v) is 3.85. The second kappa shape index (κ2) is 5.86. The Morgan fingerprint density at radius 3 is 2.86 bits per heavy atom. The topological polar surface area (TPSA) is 97.5 Å². The highest BCUT2D eigenvalue weighted by Gasteiger charge is 2.34. The highest BCUT2D eigenvalue weighted by Crippen LogP contribution is 2.30. The van der Waals surface area contributed by atoms with E-state index in [1.54, 1.807) is 29.1 Å². The van der Waals surface area contributed by atoms with Crippen molar-refractivity contribution in [2.45, 2.75) is 25.0 Å². The van der Waals surface area contributed by atoms with Gasteiger partial charge >= 0.3 is 5.97 Å². The van der Waals surface area contributed by atoms with Crippen molar-refractivity contribution in [3.8, 4) is 0 Å². The predicted molar refractivity (Wildman–Crippen MR) is 76.5 cm³/mol. The molecule has 22 heavy (non-hydrogen) atoms. The molecule has 1 aliphatic rings. The zero-order chi connectivity index (χ0) is 15.6. The van der Waals surface area contributed by atoms with Gasteiger partial charge in [-0.2, -0.15) is 0 Å². The fourth-order valence-electron chi connectivity index (χ4n) is 2.54. The average molecular weight is 303 g/mol. The van der Waals surface area contributed by atoms with Crippen LogP contribution >= 0.6 is 0 Å². The van der Waals surface area contributed by atoms with E-state index in [-0.39, 0.29) is 5.56 Å². The molecule has 116 valence electrons. The van der Waals surface area contributed by atoms with Crippen LogP contribution in [0.25, 0.3) is 0 Å². The summed E-state index contributed by atoms with van der Waals surface area (Å²) in [7, 11) is 0. The van der Waals surface area contributed by atoms with E-state index in [2.05, 4.69) is 10.3 Å². The quantitative estimate of drug-likeness (QED) is 0.875. The summed E-state index contributed by atoms with van der Waals surface area (Å²) in [6.45, 7) is 1.41. The Labute approximate surface area is 127 Å². The van der Waals surface area contributed by atoms with Crippen LogP contribution in [-0.2, 0) is 16.9 Å². The van der Waals surface area contributed by atoms with Gasteiger partial charge in [-0.05, 0) is 17.7 Å². The number of benzene rings is 1. The van der Waals surface area contributed by atoms with Crippen LogP contribution in [0.15, 0.2) is 30.5 Å². The van der Waals surface area contributed by atoms with Crippen LogP contribution in [0.2, 0.25) is 0 Å². The zero-order valence-electron chi connectivity index (χ0n) is 12.0. The first-order chi connectivity index (χ1) is 10.6. The van der Waals surface area contributed by atoms with Crippen LogP contribution < -0.4 is 0 Å². The Morgan fingerprint density at radius 1 is 1.36 bits per heavy atom. The number of ether oxygens (including phenoxy) is 1. The largest absolute Gasteiger partial charge is 0.478 e. The maximum atomic E-state index is 11.0. The number of rotatable bonds is 4. The minimum atomic E-state index is -0.987. The van der Waals surface area contributed by atoms with Gasteiger partial charge < -0.3 is 14.9 Å². The van der Waals surface area contributed by atoms with Crippen molar-refractivity contribution in [1.82, 2.24) is 15.0 Å². The Kier molecular flexibility index (Phi) is 3.91. The van der Waals surface area contributed by atoms with Crippen molar-refractivity contribution in [3.05, 3.63) is 47.3 Å². The van der Waals surface area contributed by atoms with Gasteiger partial charge in [0, 0.05) is 26.1 Å². The number of hydrogen-bond acceptors (Lipinski definition) is 5. The lowest BCUT2D eigenvalue weighted by Gasteiger charge is -2.29. The standard InChI is InChI=1S/C15H17N3O4/c19-14(20)12-3-1-2-11(8-12)9-18-10-13(16-17-18)15(21)4-6-22-7-5-15/h1-3,8,10,21H,4-7,9H2,(H,19,20). The van der Waals surface area contributed by atoms with E-state index in [0.29, 0.717) is 38.3 Å². The first-order valence-electron chi connectivity index (χ1n) is 7.10. The summed E-state index contributed by atoms with van der Waals surface area (Å²) in [5.74, 6) is -0.961. The van der Waals surface area contributed by atoms with Crippen LogP contribution in [-0.4, -0.2) is 44.4 Å². The van der Waals surface area contributed by atoms with Gasteiger partial charge in [0.15, 0.2) is 0 Å². The molecule has 1 aromatic heterocycles. The van der Waals surface area contributed by atoms with Crippen LogP contribution in [0.5, 0.6) is 0 Å². The highest BCUT2D eigenvalue weighted by molar-refractivity contribution is 5.87. The number of aromatic nitrogens is 3. The van der Waals surface area contributed by atoms with Crippen molar-refractivity contribution < 1.29 is 19.7 Å². The summed E-state index contributed by atoms with van der Waals surface area (Å²) in [5.41, 5.74) is 0.598. The normalized spacial score (nSPS) is 17.3. The van der Waals surface area contributed by atoms with Crippen LogP contribution in [0, 0.1) is 0 Å². The molecule has 1 aliphatic heterocycles. The molecule has 0 spiro atoms. The molecule has 0 bridgehead atoms. The molecule has 0 saturated carbocycles. The third kappa shape index (κ3) is 3.00. The van der Waals surface area contributed by atoms with Gasteiger partial charge in [0.05, 0.1) is 18.3 Å². The monoisotopic (exact) mass is 303 g/mol. The molecule has 1 saturated heterocycles. The first-order valence-corrected chi connectivity index (χ1v) is 7.10. The molecule has 3 rings (SSSR count). The smallest absolute Gasteiger partial charge is 0.335 e. The second-order valence-corrected chi connectivity index (χ2v) is 5.45. The van der Waals surface area contributed by atoms with E-state index in [1.807, 2.05) is 6.07 Å². The number of aromatic carboxylic acids is 1. The van der Waals surface area contributed by atoms with Gasteiger partial charge in [0.25, 0.3) is 0 Å². The minimum absolute atomic E-state index is 0.237. The molecule has 2 aromatic rings. The molecule has 7 heteroatoms. The van der Waals surface area contributed by atoms with Gasteiger partial charge in [-0.3, -0.25) is 0 Å². The number of carboxylic acids is 1. The van der Waals surface area contributed by atoms with Crippen molar-refractivity contribution in [2.24, 2.45) is 0 Å². The summed E-state index contributed by atoms with van der Waals surface area (Å²) >= 11 is 0. The average Bonchev–Trinajstić information content (AvgIpc) is 2.97. The van der Waals surface area contributed by atoms with E-state index in [1.165, 1.54) is 0 Å². The van der Waals surface area contributed by atoms with Crippen molar-refractivity contribution >= 4 is 5.97 Å². The van der Waals surface area contributed by atoms with E-state index >= 15 is 0 Å². The summed E-state index contributed by atoms with van der Waals surface area (Å²) in [6, 6.07) is 6.68. The number of hydrogen-bond donors (Lipinski definition) is 2. The summed E-state index contributed by atoms with van der Waals surface area (Å²) in [4.78, 5) is 11.0. The van der Waals surface area contributed by atoms with E-state index in [9.17, 15) is 9.90 Å². The number of carbonyl (C=O) groups is 1. The minimum Gasteiger partial charge on any atom is -0.478 e. The van der Waals surface area contributed by atoms with Gasteiger partial charge in [-0.25, -0.2) is 9.48 Å². The van der Waals surface area contributed by atoms with Gasteiger partial charge in [-0.1, -0.05) is 17.3 Å². The number of aliphatic hydroxyl groups is 1. The van der Waals surface area contributed by atoms with Gasteiger partial charge in [0.2, 0.25) is 0 Å². The van der Waals surface area contributed by atoms with Gasteiger partial charge in [0.1, 0.15) is 11.3 Å². The number of nitrogens with zero attached hydrogens (tertiary/aromatic N) is 3. The molecular formula is C15H17N3O4. The Hall–Kier alpha value is -2.25. The molecule has 7 nitrogen and oxygen atoms in total. The summed E-state index contributed by atoms with van der Waals surface area (Å²) in [6.07, 6.45) is 2.71. The highest BCUT2D eigenvalue weighted by atomic mass is 16.5. The van der Waals surface area contributed by atoms with E-state index in [4.69, 9.17) is 9.84 Å². The molecule has 0 unspecified atom stereocenters. The van der Waals surface area contributed by atoms with Crippen molar-refractivity contribution in [1.29, 1.82) is 0 Å². The summed E-state index contributed by atoms with van der Waals surface area (Å²) < 4.78 is 6.85. The summed E-state index contributed by atoms with van der Waals surface area (Å²) in [5, 5.41) is 27.7. The first kappa shape index (κ1) is 14.7. The Morgan fingerprint density at radius 2 is 2.14 bits per heavy atom. The predicted octanol–water partition coefficient (Wildman–Crippen LogP) is 1.02. The van der Waals surface area contributed by atoms with E-state index < -0.39 is 11.6 Å².